The number of nitrogens with zero attached hydrogens (tertiary/aromatic N) is 3. The Balaban J connectivity index is 1.70. The van der Waals surface area contributed by atoms with Gasteiger partial charge in [-0.3, -0.25) is 4.90 Å². The molecule has 2 aromatic rings. The fraction of sp³-hybridized carbons (Fsp3) is 0.429. The van der Waals surface area contributed by atoms with E-state index in [9.17, 15) is 0 Å². The van der Waals surface area contributed by atoms with Crippen LogP contribution in [0.15, 0.2) is 24.3 Å². The summed E-state index contributed by atoms with van der Waals surface area (Å²) in [5.41, 5.74) is 2.43. The maximum atomic E-state index is 4.32. The van der Waals surface area contributed by atoms with Crippen molar-refractivity contribution in [2.75, 3.05) is 26.2 Å². The predicted octanol–water partition coefficient (Wildman–Crippen LogP) is 1.92. The van der Waals surface area contributed by atoms with Crippen LogP contribution in [-0.4, -0.2) is 41.3 Å². The van der Waals surface area contributed by atoms with E-state index in [-0.39, 0.29) is 0 Å². The van der Waals surface area contributed by atoms with Crippen LogP contribution in [0.25, 0.3) is 10.6 Å². The molecule has 5 heteroatoms. The van der Waals surface area contributed by atoms with Crippen LogP contribution in [0, 0.1) is 6.92 Å². The van der Waals surface area contributed by atoms with Gasteiger partial charge in [0, 0.05) is 31.7 Å². The quantitative estimate of drug-likeness (QED) is 0.928. The van der Waals surface area contributed by atoms with E-state index in [1.807, 2.05) is 0 Å². The number of aryl methyl sites for hydroxylation is 1. The molecule has 0 bridgehead atoms. The van der Waals surface area contributed by atoms with Gasteiger partial charge >= 0.3 is 0 Å². The van der Waals surface area contributed by atoms with Crippen LogP contribution in [0.5, 0.6) is 0 Å². The molecule has 0 amide bonds. The van der Waals surface area contributed by atoms with Gasteiger partial charge in [-0.1, -0.05) is 41.2 Å². The van der Waals surface area contributed by atoms with E-state index >= 15 is 0 Å². The van der Waals surface area contributed by atoms with Gasteiger partial charge in [-0.2, -0.15) is 0 Å². The summed E-state index contributed by atoms with van der Waals surface area (Å²) >= 11 is 1.70. The summed E-state index contributed by atoms with van der Waals surface area (Å²) < 4.78 is 0. The molecule has 0 saturated carbocycles. The second kappa shape index (κ2) is 5.77. The maximum Gasteiger partial charge on any atom is 0.147 e. The zero-order chi connectivity index (χ0) is 13.1. The van der Waals surface area contributed by atoms with Crippen molar-refractivity contribution in [2.24, 2.45) is 0 Å². The van der Waals surface area contributed by atoms with Crippen molar-refractivity contribution in [2.45, 2.75) is 13.5 Å². The van der Waals surface area contributed by atoms with Crippen LogP contribution in [0.1, 0.15) is 10.6 Å². The molecule has 1 aromatic carbocycles. The molecule has 0 radical (unpaired) electrons. The molecule has 1 aliphatic rings. The monoisotopic (exact) mass is 274 g/mol. The van der Waals surface area contributed by atoms with Gasteiger partial charge in [0.05, 0.1) is 6.54 Å². The predicted molar refractivity (Wildman–Crippen MR) is 78.2 cm³/mol. The number of benzene rings is 1. The zero-order valence-corrected chi connectivity index (χ0v) is 11.9. The fourth-order valence-electron chi connectivity index (χ4n) is 2.19. The first-order valence-electron chi connectivity index (χ1n) is 6.64. The first kappa shape index (κ1) is 12.7. The van der Waals surface area contributed by atoms with Crippen LogP contribution in [0.2, 0.25) is 0 Å². The average Bonchev–Trinajstić information content (AvgIpc) is 2.89. The third-order valence-electron chi connectivity index (χ3n) is 3.33. The van der Waals surface area contributed by atoms with Crippen molar-refractivity contribution in [3.05, 3.63) is 34.8 Å². The Labute approximate surface area is 117 Å². The molecule has 1 N–H and O–H groups in total. The molecule has 4 nitrogen and oxygen atoms in total. The number of hydrogen-bond acceptors (Lipinski definition) is 5. The minimum atomic E-state index is 0.922. The van der Waals surface area contributed by atoms with Crippen LogP contribution in [-0.2, 0) is 6.54 Å². The summed E-state index contributed by atoms with van der Waals surface area (Å²) in [5.74, 6) is 0. The van der Waals surface area contributed by atoms with E-state index in [4.69, 9.17) is 0 Å². The minimum absolute atomic E-state index is 0.922. The molecule has 0 unspecified atom stereocenters. The fourth-order valence-corrected chi connectivity index (χ4v) is 3.08. The molecular weight excluding hydrogens is 256 g/mol. The van der Waals surface area contributed by atoms with Gasteiger partial charge in [0.15, 0.2) is 0 Å². The van der Waals surface area contributed by atoms with E-state index in [1.165, 1.54) is 5.56 Å². The van der Waals surface area contributed by atoms with Crippen molar-refractivity contribution < 1.29 is 0 Å². The number of piperazine rings is 1. The summed E-state index contributed by atoms with van der Waals surface area (Å²) in [4.78, 5) is 2.43. The molecular formula is C14H18N4S. The topological polar surface area (TPSA) is 41.1 Å². The lowest BCUT2D eigenvalue weighted by Gasteiger charge is -2.25. The maximum absolute atomic E-state index is 4.32. The van der Waals surface area contributed by atoms with Gasteiger partial charge < -0.3 is 5.32 Å². The van der Waals surface area contributed by atoms with Crippen molar-refractivity contribution in [1.82, 2.24) is 20.4 Å². The molecule has 19 heavy (non-hydrogen) atoms. The summed E-state index contributed by atoms with van der Waals surface area (Å²) in [5, 5.41) is 14.1. The number of hydrogen-bond donors (Lipinski definition) is 1. The molecule has 0 spiro atoms. The Bertz CT molecular complexity index is 529. The van der Waals surface area contributed by atoms with E-state index in [0.717, 1.165) is 48.3 Å². The van der Waals surface area contributed by atoms with Crippen molar-refractivity contribution in [3.8, 4) is 10.6 Å². The van der Waals surface area contributed by atoms with Crippen LogP contribution in [0.4, 0.5) is 0 Å². The van der Waals surface area contributed by atoms with Gasteiger partial charge in [0.2, 0.25) is 0 Å². The first-order valence-corrected chi connectivity index (χ1v) is 7.45. The van der Waals surface area contributed by atoms with E-state index in [2.05, 4.69) is 51.6 Å². The highest BCUT2D eigenvalue weighted by molar-refractivity contribution is 7.14. The van der Waals surface area contributed by atoms with Crippen LogP contribution < -0.4 is 5.32 Å². The van der Waals surface area contributed by atoms with E-state index in [0.29, 0.717) is 0 Å². The molecule has 1 saturated heterocycles. The highest BCUT2D eigenvalue weighted by Crippen LogP contribution is 2.24. The van der Waals surface area contributed by atoms with E-state index < -0.39 is 0 Å². The second-order valence-corrected chi connectivity index (χ2v) is 5.96. The molecule has 100 valence electrons. The highest BCUT2D eigenvalue weighted by Gasteiger charge is 2.13. The molecule has 1 aromatic heterocycles. The number of nitrogens with one attached hydrogen (secondary N) is 1. The highest BCUT2D eigenvalue weighted by atomic mass is 32.1. The van der Waals surface area contributed by atoms with Gasteiger partial charge in [-0.25, -0.2) is 0 Å². The van der Waals surface area contributed by atoms with Crippen LogP contribution >= 0.6 is 11.3 Å². The molecule has 2 heterocycles. The van der Waals surface area contributed by atoms with Crippen molar-refractivity contribution in [1.29, 1.82) is 0 Å². The molecule has 0 atom stereocenters. The van der Waals surface area contributed by atoms with Crippen LogP contribution in [0.3, 0.4) is 0 Å². The van der Waals surface area contributed by atoms with Crippen molar-refractivity contribution in [3.63, 3.8) is 0 Å². The lowest BCUT2D eigenvalue weighted by Crippen LogP contribution is -2.42. The molecule has 3 rings (SSSR count). The van der Waals surface area contributed by atoms with Gasteiger partial charge in [0.25, 0.3) is 0 Å². The zero-order valence-electron chi connectivity index (χ0n) is 11.1. The average molecular weight is 274 g/mol. The van der Waals surface area contributed by atoms with E-state index in [1.54, 1.807) is 11.3 Å². The number of rotatable bonds is 3. The van der Waals surface area contributed by atoms with Crippen molar-refractivity contribution >= 4 is 11.3 Å². The second-order valence-electron chi connectivity index (χ2n) is 4.89. The summed E-state index contributed by atoms with van der Waals surface area (Å²) in [6, 6.07) is 8.47. The SMILES string of the molecule is Cc1ccc(-c2nnc(CN3CCNCC3)s2)cc1. The lowest BCUT2D eigenvalue weighted by molar-refractivity contribution is 0.232. The third-order valence-corrected chi connectivity index (χ3v) is 4.29. The Hall–Kier alpha value is -1.30. The largest absolute Gasteiger partial charge is 0.314 e. The third kappa shape index (κ3) is 3.18. The Kier molecular flexibility index (Phi) is 3.87. The number of aromatic nitrogens is 2. The van der Waals surface area contributed by atoms with Gasteiger partial charge in [-0.15, -0.1) is 10.2 Å². The first-order chi connectivity index (χ1) is 9.31. The smallest absolute Gasteiger partial charge is 0.147 e. The summed E-state index contributed by atoms with van der Waals surface area (Å²) in [6.45, 7) is 7.36. The minimum Gasteiger partial charge on any atom is -0.314 e. The molecule has 0 aliphatic carbocycles. The van der Waals surface area contributed by atoms with Gasteiger partial charge in [-0.05, 0) is 6.92 Å². The Morgan fingerprint density at radius 3 is 2.63 bits per heavy atom. The lowest BCUT2D eigenvalue weighted by atomic mass is 10.2. The summed E-state index contributed by atoms with van der Waals surface area (Å²) in [6.07, 6.45) is 0. The van der Waals surface area contributed by atoms with Gasteiger partial charge in [0.1, 0.15) is 10.0 Å². The molecule has 1 fully saturated rings. The normalized spacial score (nSPS) is 16.7. The Morgan fingerprint density at radius 2 is 1.89 bits per heavy atom. The standard InChI is InChI=1S/C14H18N4S/c1-11-2-4-12(5-3-11)14-17-16-13(19-14)10-18-8-6-15-7-9-18/h2-5,15H,6-10H2,1H3. The summed E-state index contributed by atoms with van der Waals surface area (Å²) in [7, 11) is 0. The molecule has 1 aliphatic heterocycles. The Morgan fingerprint density at radius 1 is 1.16 bits per heavy atom.